The Balaban J connectivity index is 1.60. The highest BCUT2D eigenvalue weighted by molar-refractivity contribution is 7.10. The van der Waals surface area contributed by atoms with Crippen LogP contribution in [0, 0.1) is 0 Å². The van der Waals surface area contributed by atoms with Crippen molar-refractivity contribution in [1.29, 1.82) is 0 Å². The van der Waals surface area contributed by atoms with Crippen LogP contribution in [0.25, 0.3) is 21.8 Å². The maximum absolute atomic E-state index is 13.3. The number of pyridine rings is 1. The summed E-state index contributed by atoms with van der Waals surface area (Å²) in [7, 11) is 0. The Morgan fingerprint density at radius 3 is 2.29 bits per heavy atom. The summed E-state index contributed by atoms with van der Waals surface area (Å²) in [5.41, 5.74) is 1.64. The number of thiophene rings is 1. The van der Waals surface area contributed by atoms with Gasteiger partial charge in [-0.3, -0.25) is 9.59 Å². The van der Waals surface area contributed by atoms with E-state index in [9.17, 15) is 9.59 Å². The first-order valence-electron chi connectivity index (χ1n) is 9.57. The standard InChI is InChI=1S/C23H20N2O2S/c26-22(24-13-5-11-20(24)21-12-6-14-28-21)15-25-18-9-3-1-7-16(18)23(27)17-8-2-4-10-19(17)25/h1-4,6-10,12,14,20H,5,11,13,15H2. The van der Waals surface area contributed by atoms with E-state index in [2.05, 4.69) is 11.4 Å². The normalized spacial score (nSPS) is 16.9. The largest absolute Gasteiger partial charge is 0.333 e. The molecule has 4 nitrogen and oxygen atoms in total. The molecule has 2 aromatic heterocycles. The van der Waals surface area contributed by atoms with Gasteiger partial charge in [0.15, 0.2) is 5.43 Å². The minimum absolute atomic E-state index is 0.0209. The molecule has 1 fully saturated rings. The third-order valence-electron chi connectivity index (χ3n) is 5.62. The lowest BCUT2D eigenvalue weighted by Crippen LogP contribution is -2.33. The van der Waals surface area contributed by atoms with Crippen LogP contribution in [0.5, 0.6) is 0 Å². The van der Waals surface area contributed by atoms with Gasteiger partial charge in [-0.2, -0.15) is 0 Å². The Morgan fingerprint density at radius 1 is 0.964 bits per heavy atom. The number of nitrogens with zero attached hydrogens (tertiary/aromatic N) is 2. The van der Waals surface area contributed by atoms with E-state index in [0.29, 0.717) is 10.8 Å². The zero-order valence-electron chi connectivity index (χ0n) is 15.4. The van der Waals surface area contributed by atoms with Gasteiger partial charge in [0.1, 0.15) is 6.54 Å². The third kappa shape index (κ3) is 2.74. The van der Waals surface area contributed by atoms with Crippen molar-refractivity contribution in [3.05, 3.63) is 81.1 Å². The Bertz CT molecular complexity index is 1170. The third-order valence-corrected chi connectivity index (χ3v) is 6.59. The number of para-hydroxylation sites is 2. The van der Waals surface area contributed by atoms with Gasteiger partial charge < -0.3 is 9.47 Å². The fourth-order valence-corrected chi connectivity index (χ4v) is 5.19. The van der Waals surface area contributed by atoms with Gasteiger partial charge in [-0.1, -0.05) is 30.3 Å². The number of carbonyl (C=O) groups is 1. The van der Waals surface area contributed by atoms with E-state index in [1.54, 1.807) is 11.3 Å². The van der Waals surface area contributed by atoms with Gasteiger partial charge in [0.2, 0.25) is 5.91 Å². The summed E-state index contributed by atoms with van der Waals surface area (Å²) >= 11 is 1.71. The lowest BCUT2D eigenvalue weighted by Gasteiger charge is -2.25. The molecule has 0 radical (unpaired) electrons. The molecule has 1 unspecified atom stereocenters. The smallest absolute Gasteiger partial charge is 0.243 e. The quantitative estimate of drug-likeness (QED) is 0.482. The van der Waals surface area contributed by atoms with E-state index >= 15 is 0 Å². The van der Waals surface area contributed by atoms with E-state index in [-0.39, 0.29) is 23.9 Å². The Morgan fingerprint density at radius 2 is 1.64 bits per heavy atom. The van der Waals surface area contributed by atoms with Crippen molar-refractivity contribution in [2.75, 3.05) is 6.54 Å². The molecule has 3 heterocycles. The maximum atomic E-state index is 13.3. The second-order valence-electron chi connectivity index (χ2n) is 7.21. The van der Waals surface area contributed by atoms with Gasteiger partial charge >= 0.3 is 0 Å². The van der Waals surface area contributed by atoms with Crippen LogP contribution in [0.2, 0.25) is 0 Å². The van der Waals surface area contributed by atoms with Crippen LogP contribution in [-0.4, -0.2) is 21.9 Å². The molecule has 0 N–H and O–H groups in total. The molecule has 2 aromatic carbocycles. The van der Waals surface area contributed by atoms with E-state index in [0.717, 1.165) is 30.4 Å². The Labute approximate surface area is 166 Å². The summed E-state index contributed by atoms with van der Waals surface area (Å²) in [6.45, 7) is 1.03. The van der Waals surface area contributed by atoms with Gasteiger partial charge in [0.25, 0.3) is 0 Å². The van der Waals surface area contributed by atoms with Gasteiger partial charge in [0, 0.05) is 22.2 Å². The van der Waals surface area contributed by atoms with Crippen LogP contribution in [0.15, 0.2) is 70.8 Å². The Kier molecular flexibility index (Phi) is 4.24. The SMILES string of the molecule is O=C(Cn1c2ccccc2c(=O)c2ccccc21)N1CCCC1c1cccs1. The maximum Gasteiger partial charge on any atom is 0.243 e. The monoisotopic (exact) mass is 388 g/mol. The molecule has 0 bridgehead atoms. The number of rotatable bonds is 3. The molecular formula is C23H20N2O2S. The van der Waals surface area contributed by atoms with Gasteiger partial charge in [-0.05, 0) is 48.6 Å². The second kappa shape index (κ2) is 6.91. The van der Waals surface area contributed by atoms with Crippen molar-refractivity contribution >= 4 is 39.0 Å². The number of aromatic nitrogens is 1. The summed E-state index contributed by atoms with van der Waals surface area (Å²) < 4.78 is 2.00. The number of likely N-dealkylation sites (tertiary alicyclic amines) is 1. The molecule has 1 amide bonds. The van der Waals surface area contributed by atoms with Crippen LogP contribution in [0.4, 0.5) is 0 Å². The first kappa shape index (κ1) is 17.2. The van der Waals surface area contributed by atoms with Crippen molar-refractivity contribution in [2.24, 2.45) is 0 Å². The molecule has 1 aliphatic heterocycles. The zero-order chi connectivity index (χ0) is 19.1. The average Bonchev–Trinajstić information content (AvgIpc) is 3.42. The van der Waals surface area contributed by atoms with Crippen molar-refractivity contribution in [2.45, 2.75) is 25.4 Å². The summed E-state index contributed by atoms with van der Waals surface area (Å²) in [6, 6.07) is 19.5. The zero-order valence-corrected chi connectivity index (χ0v) is 16.2. The van der Waals surface area contributed by atoms with Crippen molar-refractivity contribution in [3.8, 4) is 0 Å². The fourth-order valence-electron chi connectivity index (χ4n) is 4.32. The Hall–Kier alpha value is -2.92. The molecule has 5 rings (SSSR count). The summed E-state index contributed by atoms with van der Waals surface area (Å²) in [5, 5.41) is 3.38. The van der Waals surface area contributed by atoms with E-state index in [1.807, 2.05) is 64.1 Å². The average molecular weight is 388 g/mol. The van der Waals surface area contributed by atoms with Crippen molar-refractivity contribution in [1.82, 2.24) is 9.47 Å². The molecule has 4 aromatic rings. The molecule has 5 heteroatoms. The fraction of sp³-hybridized carbons (Fsp3) is 0.217. The van der Waals surface area contributed by atoms with Gasteiger partial charge in [-0.15, -0.1) is 11.3 Å². The first-order valence-corrected chi connectivity index (χ1v) is 10.4. The van der Waals surface area contributed by atoms with Crippen molar-refractivity contribution < 1.29 is 4.79 Å². The number of hydrogen-bond acceptors (Lipinski definition) is 3. The van der Waals surface area contributed by atoms with Crippen molar-refractivity contribution in [3.63, 3.8) is 0 Å². The predicted octanol–water partition coefficient (Wildman–Crippen LogP) is 4.58. The van der Waals surface area contributed by atoms with Gasteiger partial charge in [0.05, 0.1) is 17.1 Å². The minimum atomic E-state index is 0.0209. The number of carbonyl (C=O) groups excluding carboxylic acids is 1. The molecule has 0 aliphatic carbocycles. The molecule has 28 heavy (non-hydrogen) atoms. The molecule has 1 saturated heterocycles. The highest BCUT2D eigenvalue weighted by Crippen LogP contribution is 2.34. The molecule has 140 valence electrons. The van der Waals surface area contributed by atoms with Crippen LogP contribution in [0.1, 0.15) is 23.8 Å². The minimum Gasteiger partial charge on any atom is -0.333 e. The summed E-state index contributed by atoms with van der Waals surface area (Å²) in [6.07, 6.45) is 2.04. The molecular weight excluding hydrogens is 368 g/mol. The molecule has 0 spiro atoms. The summed E-state index contributed by atoms with van der Waals surface area (Å²) in [5.74, 6) is 0.106. The molecule has 1 atom stereocenters. The lowest BCUT2D eigenvalue weighted by atomic mass is 10.1. The van der Waals surface area contributed by atoms with E-state index in [1.165, 1.54) is 4.88 Å². The second-order valence-corrected chi connectivity index (χ2v) is 8.19. The van der Waals surface area contributed by atoms with E-state index < -0.39 is 0 Å². The van der Waals surface area contributed by atoms with Crippen LogP contribution >= 0.6 is 11.3 Å². The molecule has 1 aliphatic rings. The topological polar surface area (TPSA) is 42.3 Å². The number of fused-ring (bicyclic) bond motifs is 2. The number of benzene rings is 2. The molecule has 0 saturated carbocycles. The van der Waals surface area contributed by atoms with Gasteiger partial charge in [-0.25, -0.2) is 0 Å². The van der Waals surface area contributed by atoms with Crippen LogP contribution in [0.3, 0.4) is 0 Å². The summed E-state index contributed by atoms with van der Waals surface area (Å²) in [4.78, 5) is 29.5. The highest BCUT2D eigenvalue weighted by atomic mass is 32.1. The number of hydrogen-bond donors (Lipinski definition) is 0. The van der Waals surface area contributed by atoms with Crippen LogP contribution in [-0.2, 0) is 11.3 Å². The predicted molar refractivity (Wildman–Crippen MR) is 114 cm³/mol. The van der Waals surface area contributed by atoms with E-state index in [4.69, 9.17) is 0 Å². The first-order chi connectivity index (χ1) is 13.7. The highest BCUT2D eigenvalue weighted by Gasteiger charge is 2.30. The van der Waals surface area contributed by atoms with Crippen LogP contribution < -0.4 is 5.43 Å². The number of amides is 1. The lowest BCUT2D eigenvalue weighted by molar-refractivity contribution is -0.132.